The van der Waals surface area contributed by atoms with Crippen LogP contribution in [0, 0.1) is 0 Å². The largest absolute Gasteiger partial charge is 0.457 e. The Balaban J connectivity index is 1.51. The zero-order valence-electron chi connectivity index (χ0n) is 17.1. The molecule has 5 nitrogen and oxygen atoms in total. The normalized spacial score (nSPS) is 16.1. The van der Waals surface area contributed by atoms with Crippen LogP contribution in [0.25, 0.3) is 0 Å². The maximum Gasteiger partial charge on any atom is 0.319 e. The fourth-order valence-electron chi connectivity index (χ4n) is 4.34. The van der Waals surface area contributed by atoms with Crippen LogP contribution in [0.2, 0.25) is 0 Å². The Kier molecular flexibility index (Phi) is 5.16. The number of esters is 1. The maximum absolute atomic E-state index is 13.6. The van der Waals surface area contributed by atoms with E-state index < -0.39 is 18.0 Å². The van der Waals surface area contributed by atoms with Gasteiger partial charge in [0, 0.05) is 29.8 Å². The zero-order valence-corrected chi connectivity index (χ0v) is 17.1. The van der Waals surface area contributed by atoms with Gasteiger partial charge in [-0.1, -0.05) is 66.7 Å². The lowest BCUT2D eigenvalue weighted by Gasteiger charge is -2.29. The van der Waals surface area contributed by atoms with Crippen LogP contribution in [-0.4, -0.2) is 29.9 Å². The number of likely N-dealkylation sites (tertiary alicyclic amines) is 1. The number of nitrogens with zero attached hydrogens (tertiary/aromatic N) is 1. The summed E-state index contributed by atoms with van der Waals surface area (Å²) in [5.74, 6) is -0.00965. The smallest absolute Gasteiger partial charge is 0.319 e. The lowest BCUT2D eigenvalue weighted by atomic mass is 9.88. The van der Waals surface area contributed by atoms with Crippen molar-refractivity contribution >= 4 is 11.9 Å². The Bertz CT molecular complexity index is 1060. The topological polar surface area (TPSA) is 55.8 Å². The predicted octanol–water partition coefficient (Wildman–Crippen LogP) is 4.83. The Hall–Kier alpha value is -3.60. The first-order chi connectivity index (χ1) is 15.2. The summed E-state index contributed by atoms with van der Waals surface area (Å²) in [5, 5.41) is 0. The van der Waals surface area contributed by atoms with Gasteiger partial charge in [0.1, 0.15) is 17.4 Å². The van der Waals surface area contributed by atoms with Crippen LogP contribution in [0.15, 0.2) is 78.9 Å². The van der Waals surface area contributed by atoms with E-state index in [1.54, 1.807) is 4.90 Å². The van der Waals surface area contributed by atoms with Gasteiger partial charge in [0.15, 0.2) is 0 Å². The SMILES string of the molecule is O=C(O[C@@H](C(=O)N1CCCC1)c1ccccc1)C1c2ccccc2Oc2ccccc21. The van der Waals surface area contributed by atoms with Crippen molar-refractivity contribution in [1.82, 2.24) is 4.90 Å². The Morgan fingerprint density at radius 3 is 1.97 bits per heavy atom. The number of carbonyl (C=O) groups excluding carboxylic acids is 2. The molecule has 2 aliphatic heterocycles. The molecule has 0 bridgehead atoms. The molecule has 3 aromatic rings. The number of hydrogen-bond acceptors (Lipinski definition) is 4. The molecule has 5 heteroatoms. The molecule has 156 valence electrons. The van der Waals surface area contributed by atoms with Crippen LogP contribution in [0.5, 0.6) is 11.5 Å². The highest BCUT2D eigenvalue weighted by Crippen LogP contribution is 2.45. The summed E-state index contributed by atoms with van der Waals surface area (Å²) in [6.07, 6.45) is 0.984. The van der Waals surface area contributed by atoms with Crippen molar-refractivity contribution in [2.45, 2.75) is 24.9 Å². The highest BCUT2D eigenvalue weighted by atomic mass is 16.5. The van der Waals surface area contributed by atoms with Crippen LogP contribution in [0.4, 0.5) is 0 Å². The molecule has 1 atom stereocenters. The molecule has 1 amide bonds. The Labute approximate surface area is 181 Å². The maximum atomic E-state index is 13.6. The number of amides is 1. The van der Waals surface area contributed by atoms with Gasteiger partial charge >= 0.3 is 5.97 Å². The average molecular weight is 413 g/mol. The van der Waals surface area contributed by atoms with E-state index in [2.05, 4.69) is 0 Å². The fourth-order valence-corrected chi connectivity index (χ4v) is 4.34. The summed E-state index contributed by atoms with van der Waals surface area (Å²) < 4.78 is 12.0. The molecule has 0 saturated carbocycles. The fraction of sp³-hybridized carbons (Fsp3) is 0.231. The minimum absolute atomic E-state index is 0.161. The molecule has 0 aromatic heterocycles. The second-order valence-electron chi connectivity index (χ2n) is 7.87. The van der Waals surface area contributed by atoms with Gasteiger partial charge in [0.25, 0.3) is 5.91 Å². The van der Waals surface area contributed by atoms with Crippen molar-refractivity contribution in [2.24, 2.45) is 0 Å². The van der Waals surface area contributed by atoms with Gasteiger partial charge < -0.3 is 14.4 Å². The third-order valence-corrected chi connectivity index (χ3v) is 5.89. The van der Waals surface area contributed by atoms with Gasteiger partial charge in [-0.3, -0.25) is 9.59 Å². The van der Waals surface area contributed by atoms with Crippen molar-refractivity contribution in [2.75, 3.05) is 13.1 Å². The Morgan fingerprint density at radius 2 is 1.35 bits per heavy atom. The van der Waals surface area contributed by atoms with E-state index in [1.807, 2.05) is 78.9 Å². The van der Waals surface area contributed by atoms with Crippen molar-refractivity contribution in [1.29, 1.82) is 0 Å². The van der Waals surface area contributed by atoms with E-state index in [0.29, 0.717) is 30.2 Å². The molecule has 3 aromatic carbocycles. The molecule has 31 heavy (non-hydrogen) atoms. The molecule has 1 saturated heterocycles. The number of benzene rings is 3. The van der Waals surface area contributed by atoms with Gasteiger partial charge in [-0.05, 0) is 25.0 Å². The second kappa shape index (κ2) is 8.26. The molecule has 0 radical (unpaired) electrons. The highest BCUT2D eigenvalue weighted by Gasteiger charge is 2.38. The number of para-hydroxylation sites is 2. The summed E-state index contributed by atoms with van der Waals surface area (Å²) in [6, 6.07) is 24.2. The monoisotopic (exact) mass is 413 g/mol. The molecule has 2 heterocycles. The summed E-state index contributed by atoms with van der Waals surface area (Å²) >= 11 is 0. The van der Waals surface area contributed by atoms with Crippen LogP contribution in [-0.2, 0) is 14.3 Å². The lowest BCUT2D eigenvalue weighted by Crippen LogP contribution is -2.36. The van der Waals surface area contributed by atoms with E-state index in [9.17, 15) is 9.59 Å². The predicted molar refractivity (Wildman–Crippen MR) is 116 cm³/mol. The molecule has 5 rings (SSSR count). The van der Waals surface area contributed by atoms with E-state index in [0.717, 1.165) is 24.0 Å². The van der Waals surface area contributed by atoms with Gasteiger partial charge in [-0.15, -0.1) is 0 Å². The third kappa shape index (κ3) is 3.67. The summed E-state index contributed by atoms with van der Waals surface area (Å²) in [7, 11) is 0. The van der Waals surface area contributed by atoms with E-state index in [-0.39, 0.29) is 5.91 Å². The Morgan fingerprint density at radius 1 is 0.806 bits per heavy atom. The van der Waals surface area contributed by atoms with Crippen molar-refractivity contribution in [3.8, 4) is 11.5 Å². The average Bonchev–Trinajstić information content (AvgIpc) is 3.36. The quantitative estimate of drug-likeness (QED) is 0.575. The molecular formula is C26H23NO4. The lowest BCUT2D eigenvalue weighted by molar-refractivity contribution is -0.161. The number of carbonyl (C=O) groups is 2. The highest BCUT2D eigenvalue weighted by molar-refractivity contribution is 5.90. The first-order valence-corrected chi connectivity index (χ1v) is 10.6. The zero-order chi connectivity index (χ0) is 21.2. The van der Waals surface area contributed by atoms with Gasteiger partial charge in [-0.25, -0.2) is 0 Å². The first kappa shape index (κ1) is 19.4. The third-order valence-electron chi connectivity index (χ3n) is 5.89. The summed E-state index contributed by atoms with van der Waals surface area (Å²) in [6.45, 7) is 1.39. The van der Waals surface area contributed by atoms with Crippen LogP contribution in [0.1, 0.15) is 41.6 Å². The first-order valence-electron chi connectivity index (χ1n) is 10.6. The number of fused-ring (bicyclic) bond motifs is 2. The molecule has 0 spiro atoms. The molecule has 2 aliphatic rings. The van der Waals surface area contributed by atoms with Crippen LogP contribution < -0.4 is 4.74 Å². The standard InChI is InChI=1S/C26H23NO4/c28-25(27-16-8-9-17-27)24(18-10-2-1-3-11-18)31-26(29)23-19-12-4-6-14-21(19)30-22-15-7-5-13-20(22)23/h1-7,10-15,23-24H,8-9,16-17H2/t24-/m1/s1. The number of rotatable bonds is 4. The summed E-state index contributed by atoms with van der Waals surface area (Å²) in [4.78, 5) is 28.6. The number of hydrogen-bond donors (Lipinski definition) is 0. The van der Waals surface area contributed by atoms with E-state index in [4.69, 9.17) is 9.47 Å². The van der Waals surface area contributed by atoms with Crippen LogP contribution >= 0.6 is 0 Å². The number of ether oxygens (including phenoxy) is 2. The molecular weight excluding hydrogens is 390 g/mol. The van der Waals surface area contributed by atoms with Crippen molar-refractivity contribution in [3.63, 3.8) is 0 Å². The molecule has 0 N–H and O–H groups in total. The van der Waals surface area contributed by atoms with Crippen molar-refractivity contribution in [3.05, 3.63) is 95.6 Å². The van der Waals surface area contributed by atoms with Crippen molar-refractivity contribution < 1.29 is 19.1 Å². The van der Waals surface area contributed by atoms with Gasteiger partial charge in [0.05, 0.1) is 0 Å². The molecule has 0 unspecified atom stereocenters. The second-order valence-corrected chi connectivity index (χ2v) is 7.87. The minimum atomic E-state index is -0.964. The summed E-state index contributed by atoms with van der Waals surface area (Å²) in [5.41, 5.74) is 2.17. The van der Waals surface area contributed by atoms with E-state index >= 15 is 0 Å². The van der Waals surface area contributed by atoms with Gasteiger partial charge in [0.2, 0.25) is 6.10 Å². The molecule has 0 aliphatic carbocycles. The van der Waals surface area contributed by atoms with Gasteiger partial charge in [-0.2, -0.15) is 0 Å². The van der Waals surface area contributed by atoms with Crippen LogP contribution in [0.3, 0.4) is 0 Å². The van der Waals surface area contributed by atoms with E-state index in [1.165, 1.54) is 0 Å². The minimum Gasteiger partial charge on any atom is -0.457 e. The molecule has 1 fully saturated rings.